The molecule has 0 aliphatic carbocycles. The van der Waals surface area contributed by atoms with Crippen molar-refractivity contribution in [3.63, 3.8) is 0 Å². The number of sulfonamides is 1. The van der Waals surface area contributed by atoms with Crippen LogP contribution in [0.3, 0.4) is 0 Å². The Morgan fingerprint density at radius 2 is 1.57 bits per heavy atom. The summed E-state index contributed by atoms with van der Waals surface area (Å²) in [7, 11) is -3.81. The Hall–Kier alpha value is -3.12. The summed E-state index contributed by atoms with van der Waals surface area (Å²) >= 11 is 0. The zero-order valence-electron chi connectivity index (χ0n) is 17.6. The second-order valence-electron chi connectivity index (χ2n) is 7.56. The van der Waals surface area contributed by atoms with E-state index < -0.39 is 10.0 Å². The van der Waals surface area contributed by atoms with Gasteiger partial charge in [-0.1, -0.05) is 42.0 Å². The summed E-state index contributed by atoms with van der Waals surface area (Å²) < 4.78 is 28.1. The third kappa shape index (κ3) is 5.07. The Labute approximate surface area is 178 Å². The number of nitrogens with one attached hydrogen (secondary N) is 2. The maximum absolute atomic E-state index is 12.8. The van der Waals surface area contributed by atoms with Gasteiger partial charge in [-0.05, 0) is 74.7 Å². The minimum absolute atomic E-state index is 0.0378. The molecule has 0 fully saturated rings. The summed E-state index contributed by atoms with van der Waals surface area (Å²) in [4.78, 5) is 12.8. The van der Waals surface area contributed by atoms with E-state index in [1.165, 1.54) is 12.1 Å². The zero-order valence-corrected chi connectivity index (χ0v) is 18.4. The predicted molar refractivity (Wildman–Crippen MR) is 120 cm³/mol. The molecule has 0 aromatic heterocycles. The highest BCUT2D eigenvalue weighted by atomic mass is 32.2. The molecule has 3 aromatic carbocycles. The second-order valence-corrected chi connectivity index (χ2v) is 9.24. The van der Waals surface area contributed by atoms with Crippen molar-refractivity contribution in [2.75, 3.05) is 4.72 Å². The predicted octanol–water partition coefficient (Wildman–Crippen LogP) is 4.90. The van der Waals surface area contributed by atoms with Gasteiger partial charge in [-0.2, -0.15) is 0 Å². The summed E-state index contributed by atoms with van der Waals surface area (Å²) in [6.07, 6.45) is 0. The quantitative estimate of drug-likeness (QED) is 0.593. The second kappa shape index (κ2) is 8.71. The van der Waals surface area contributed by atoms with Crippen molar-refractivity contribution in [2.24, 2.45) is 0 Å². The van der Waals surface area contributed by atoms with Crippen LogP contribution < -0.4 is 10.0 Å². The van der Waals surface area contributed by atoms with Crippen molar-refractivity contribution in [2.45, 2.75) is 38.6 Å². The molecule has 5 nitrogen and oxygen atoms in total. The van der Waals surface area contributed by atoms with E-state index in [0.717, 1.165) is 22.3 Å². The summed E-state index contributed by atoms with van der Waals surface area (Å²) in [5.41, 5.74) is 5.00. The number of anilines is 1. The lowest BCUT2D eigenvalue weighted by molar-refractivity contribution is 0.0939. The number of hydrogen-bond donors (Lipinski definition) is 2. The minimum Gasteiger partial charge on any atom is -0.346 e. The van der Waals surface area contributed by atoms with Gasteiger partial charge in [-0.15, -0.1) is 0 Å². The number of hydrogen-bond acceptors (Lipinski definition) is 3. The lowest BCUT2D eigenvalue weighted by Gasteiger charge is -2.17. The number of carbonyl (C=O) groups is 1. The number of rotatable bonds is 6. The fraction of sp³-hybridized carbons (Fsp3) is 0.208. The SMILES string of the molecule is Cc1cccc(NS(=O)(=O)c2cccc(C(=O)N[C@@H](C)c3ccc(C)cc3C)c2)c1. The van der Waals surface area contributed by atoms with Crippen molar-refractivity contribution < 1.29 is 13.2 Å². The van der Waals surface area contributed by atoms with E-state index in [0.29, 0.717) is 11.3 Å². The zero-order chi connectivity index (χ0) is 21.9. The molecule has 6 heteroatoms. The highest BCUT2D eigenvalue weighted by molar-refractivity contribution is 7.92. The van der Waals surface area contributed by atoms with Crippen LogP contribution in [-0.4, -0.2) is 14.3 Å². The van der Waals surface area contributed by atoms with Gasteiger partial charge in [0.15, 0.2) is 0 Å². The number of amides is 1. The van der Waals surface area contributed by atoms with E-state index in [-0.39, 0.29) is 16.8 Å². The van der Waals surface area contributed by atoms with Crippen LogP contribution >= 0.6 is 0 Å². The average molecular weight is 423 g/mol. The number of carbonyl (C=O) groups excluding carboxylic acids is 1. The average Bonchev–Trinajstić information content (AvgIpc) is 2.67. The maximum atomic E-state index is 12.8. The smallest absolute Gasteiger partial charge is 0.261 e. The molecule has 1 atom stereocenters. The lowest BCUT2D eigenvalue weighted by Crippen LogP contribution is -2.27. The lowest BCUT2D eigenvalue weighted by atomic mass is 10.00. The van der Waals surface area contributed by atoms with Gasteiger partial charge in [0.2, 0.25) is 0 Å². The van der Waals surface area contributed by atoms with Crippen molar-refractivity contribution in [1.29, 1.82) is 0 Å². The van der Waals surface area contributed by atoms with Crippen LogP contribution in [0.15, 0.2) is 71.6 Å². The van der Waals surface area contributed by atoms with Gasteiger partial charge >= 0.3 is 0 Å². The standard InChI is InChI=1S/C24H26N2O3S/c1-16-7-5-9-21(14-16)26-30(28,29)22-10-6-8-20(15-22)24(27)25-19(4)23-12-11-17(2)13-18(23)3/h5-15,19,26H,1-4H3,(H,25,27)/t19-/m0/s1. The summed E-state index contributed by atoms with van der Waals surface area (Å²) in [5, 5.41) is 2.95. The molecule has 0 aliphatic rings. The molecular weight excluding hydrogens is 396 g/mol. The third-order valence-corrected chi connectivity index (χ3v) is 6.30. The van der Waals surface area contributed by atoms with E-state index in [2.05, 4.69) is 16.1 Å². The molecule has 0 saturated heterocycles. The Morgan fingerprint density at radius 3 is 2.27 bits per heavy atom. The van der Waals surface area contributed by atoms with Crippen LogP contribution in [0.25, 0.3) is 0 Å². The molecular formula is C24H26N2O3S. The van der Waals surface area contributed by atoms with Crippen LogP contribution in [0, 0.1) is 20.8 Å². The fourth-order valence-electron chi connectivity index (χ4n) is 3.40. The van der Waals surface area contributed by atoms with Gasteiger partial charge in [0.25, 0.3) is 15.9 Å². The highest BCUT2D eigenvalue weighted by Crippen LogP contribution is 2.21. The Balaban J connectivity index is 1.79. The van der Waals surface area contributed by atoms with Gasteiger partial charge in [-0.25, -0.2) is 8.42 Å². The van der Waals surface area contributed by atoms with Gasteiger partial charge in [0.05, 0.1) is 10.9 Å². The summed E-state index contributed by atoms with van der Waals surface area (Å²) in [6.45, 7) is 7.83. The molecule has 0 radical (unpaired) electrons. The molecule has 0 unspecified atom stereocenters. The molecule has 3 rings (SSSR count). The van der Waals surface area contributed by atoms with Crippen molar-refractivity contribution in [3.8, 4) is 0 Å². The van der Waals surface area contributed by atoms with Crippen molar-refractivity contribution >= 4 is 21.6 Å². The summed E-state index contributed by atoms with van der Waals surface area (Å²) in [5.74, 6) is -0.324. The largest absolute Gasteiger partial charge is 0.346 e. The van der Waals surface area contributed by atoms with Gasteiger partial charge in [0, 0.05) is 11.3 Å². The van der Waals surface area contributed by atoms with E-state index in [4.69, 9.17) is 0 Å². The summed E-state index contributed by atoms with van der Waals surface area (Å²) in [6, 6.07) is 19.0. The Bertz CT molecular complexity index is 1190. The topological polar surface area (TPSA) is 75.3 Å². The van der Waals surface area contributed by atoms with Crippen LogP contribution in [0.5, 0.6) is 0 Å². The van der Waals surface area contributed by atoms with Crippen LogP contribution in [0.1, 0.15) is 45.6 Å². The minimum atomic E-state index is -3.81. The van der Waals surface area contributed by atoms with E-state index in [1.807, 2.05) is 45.9 Å². The monoisotopic (exact) mass is 422 g/mol. The van der Waals surface area contributed by atoms with Gasteiger partial charge in [-0.3, -0.25) is 9.52 Å². The molecule has 0 saturated carbocycles. The first-order valence-corrected chi connectivity index (χ1v) is 11.2. The Morgan fingerprint density at radius 1 is 0.867 bits per heavy atom. The number of benzene rings is 3. The van der Waals surface area contributed by atoms with Gasteiger partial charge < -0.3 is 5.32 Å². The van der Waals surface area contributed by atoms with Crippen molar-refractivity contribution in [1.82, 2.24) is 5.32 Å². The first-order valence-electron chi connectivity index (χ1n) is 9.73. The normalized spacial score (nSPS) is 12.3. The third-order valence-electron chi connectivity index (χ3n) is 4.92. The Kier molecular flexibility index (Phi) is 6.27. The molecule has 30 heavy (non-hydrogen) atoms. The first kappa shape index (κ1) is 21.6. The molecule has 3 aromatic rings. The van der Waals surface area contributed by atoms with E-state index in [1.54, 1.807) is 30.3 Å². The molecule has 0 heterocycles. The molecule has 0 spiro atoms. The maximum Gasteiger partial charge on any atom is 0.261 e. The van der Waals surface area contributed by atoms with Crippen molar-refractivity contribution in [3.05, 3.63) is 94.5 Å². The molecule has 1 amide bonds. The van der Waals surface area contributed by atoms with E-state index >= 15 is 0 Å². The molecule has 0 aliphatic heterocycles. The van der Waals surface area contributed by atoms with Crippen LogP contribution in [-0.2, 0) is 10.0 Å². The first-order chi connectivity index (χ1) is 14.2. The molecule has 2 N–H and O–H groups in total. The number of aryl methyl sites for hydroxylation is 3. The highest BCUT2D eigenvalue weighted by Gasteiger charge is 2.18. The fourth-order valence-corrected chi connectivity index (χ4v) is 4.49. The van der Waals surface area contributed by atoms with Crippen LogP contribution in [0.2, 0.25) is 0 Å². The van der Waals surface area contributed by atoms with Gasteiger partial charge in [0.1, 0.15) is 0 Å². The molecule has 0 bridgehead atoms. The van der Waals surface area contributed by atoms with Crippen LogP contribution in [0.4, 0.5) is 5.69 Å². The molecule has 156 valence electrons. The van der Waals surface area contributed by atoms with E-state index in [9.17, 15) is 13.2 Å².